The van der Waals surface area contributed by atoms with Gasteiger partial charge in [0.2, 0.25) is 0 Å². The summed E-state index contributed by atoms with van der Waals surface area (Å²) in [6.45, 7) is 3.50. The highest BCUT2D eigenvalue weighted by Gasteiger charge is 2.12. The number of ether oxygens (including phenoxy) is 1. The Bertz CT molecular complexity index is 952. The van der Waals surface area contributed by atoms with Crippen LogP contribution in [0.4, 0.5) is 11.4 Å². The molecule has 0 radical (unpaired) electrons. The number of hydrogen-bond acceptors (Lipinski definition) is 4. The first-order valence-electron chi connectivity index (χ1n) is 9.26. The Morgan fingerprint density at radius 1 is 1.14 bits per heavy atom. The van der Waals surface area contributed by atoms with Crippen LogP contribution in [-0.4, -0.2) is 48.1 Å². The lowest BCUT2D eigenvalue weighted by Crippen LogP contribution is -2.28. The Hall–Kier alpha value is -1.95. The van der Waals surface area contributed by atoms with Crippen molar-refractivity contribution in [3.63, 3.8) is 0 Å². The van der Waals surface area contributed by atoms with Crippen LogP contribution >= 0.6 is 35.6 Å². The third kappa shape index (κ3) is 5.78. The number of aromatic amines is 1. The quantitative estimate of drug-likeness (QED) is 0.338. The number of nitrogens with one attached hydrogen (secondary N) is 1. The van der Waals surface area contributed by atoms with Crippen molar-refractivity contribution in [3.05, 3.63) is 47.8 Å². The maximum Gasteiger partial charge on any atom is 0.142 e. The number of hydrogen-bond donors (Lipinski definition) is 1. The van der Waals surface area contributed by atoms with Gasteiger partial charge in [-0.2, -0.15) is 0 Å². The van der Waals surface area contributed by atoms with Gasteiger partial charge >= 0.3 is 0 Å². The van der Waals surface area contributed by atoms with Crippen molar-refractivity contribution >= 4 is 64.2 Å². The summed E-state index contributed by atoms with van der Waals surface area (Å²) in [5.74, 6) is 2.81. The van der Waals surface area contributed by atoms with E-state index in [9.17, 15) is 0 Å². The van der Waals surface area contributed by atoms with Gasteiger partial charge in [-0.1, -0.05) is 13.0 Å². The van der Waals surface area contributed by atoms with Gasteiger partial charge in [0.1, 0.15) is 11.6 Å². The van der Waals surface area contributed by atoms with Crippen LogP contribution in [0.2, 0.25) is 0 Å². The molecule has 0 aliphatic rings. The molecule has 156 valence electrons. The van der Waals surface area contributed by atoms with Gasteiger partial charge in [-0.05, 0) is 35.9 Å². The second-order valence-corrected chi connectivity index (χ2v) is 7.05. The molecule has 2 aromatic carbocycles. The number of rotatable bonds is 9. The summed E-state index contributed by atoms with van der Waals surface area (Å²) in [5, 5.41) is 0. The number of H-pyrrole nitrogens is 1. The topological polar surface area (TPSA) is 53.5 Å². The minimum absolute atomic E-state index is 0. The lowest BCUT2D eigenvalue weighted by atomic mass is 10.2. The molecular formula is C21H25Cl3N4O. The predicted molar refractivity (Wildman–Crippen MR) is 127 cm³/mol. The molecule has 0 spiro atoms. The molecule has 0 fully saturated rings. The molecule has 5 nitrogen and oxygen atoms in total. The molecule has 0 aliphatic heterocycles. The number of fused-ring (bicyclic) bond motifs is 1. The molecule has 0 amide bonds. The predicted octanol–water partition coefficient (Wildman–Crippen LogP) is 5.59. The van der Waals surface area contributed by atoms with Crippen molar-refractivity contribution in [1.29, 1.82) is 0 Å². The van der Waals surface area contributed by atoms with Crippen LogP contribution in [0, 0.1) is 0 Å². The first-order valence-corrected chi connectivity index (χ1v) is 10.3. The van der Waals surface area contributed by atoms with E-state index in [0.29, 0.717) is 24.8 Å². The van der Waals surface area contributed by atoms with E-state index in [1.807, 2.05) is 42.6 Å². The third-order valence-corrected chi connectivity index (χ3v) is 4.80. The van der Waals surface area contributed by atoms with Gasteiger partial charge in [0.05, 0.1) is 29.5 Å². The lowest BCUT2D eigenvalue weighted by molar-refractivity contribution is 0.414. The lowest BCUT2D eigenvalue weighted by Gasteiger charge is -2.25. The maximum absolute atomic E-state index is 5.92. The molecule has 1 heterocycles. The first kappa shape index (κ1) is 23.3. The van der Waals surface area contributed by atoms with Crippen LogP contribution in [0.5, 0.6) is 5.75 Å². The summed E-state index contributed by atoms with van der Waals surface area (Å²) in [6, 6.07) is 12.0. The van der Waals surface area contributed by atoms with Crippen LogP contribution in [0.15, 0.2) is 41.4 Å². The van der Waals surface area contributed by atoms with Crippen LogP contribution in [-0.2, 0) is 6.42 Å². The van der Waals surface area contributed by atoms with Crippen molar-refractivity contribution in [2.45, 2.75) is 13.3 Å². The van der Waals surface area contributed by atoms with Crippen LogP contribution in [0.25, 0.3) is 11.0 Å². The average Bonchev–Trinajstić information content (AvgIpc) is 3.14. The number of benzene rings is 2. The van der Waals surface area contributed by atoms with E-state index in [2.05, 4.69) is 26.8 Å². The molecule has 0 saturated heterocycles. The zero-order chi connectivity index (χ0) is 19.9. The van der Waals surface area contributed by atoms with E-state index in [1.165, 1.54) is 0 Å². The highest BCUT2D eigenvalue weighted by atomic mass is 35.5. The summed E-state index contributed by atoms with van der Waals surface area (Å²) >= 11 is 11.8. The molecule has 3 aromatic rings. The number of imidazole rings is 1. The molecule has 0 unspecified atom stereocenters. The zero-order valence-electron chi connectivity index (χ0n) is 16.5. The monoisotopic (exact) mass is 454 g/mol. The molecule has 1 aromatic heterocycles. The average molecular weight is 456 g/mol. The van der Waals surface area contributed by atoms with Crippen molar-refractivity contribution < 1.29 is 4.74 Å². The molecule has 3 rings (SSSR count). The summed E-state index contributed by atoms with van der Waals surface area (Å²) in [5.41, 5.74) is 4.76. The Morgan fingerprint density at radius 2 is 1.90 bits per heavy atom. The number of anilines is 1. The summed E-state index contributed by atoms with van der Waals surface area (Å²) in [4.78, 5) is 14.6. The first-order chi connectivity index (χ1) is 13.7. The number of aromatic nitrogens is 2. The van der Waals surface area contributed by atoms with Gasteiger partial charge in [-0.3, -0.25) is 4.99 Å². The van der Waals surface area contributed by atoms with Crippen molar-refractivity contribution in [2.75, 3.05) is 36.9 Å². The number of halogens is 3. The Kier molecular flexibility index (Phi) is 9.08. The fourth-order valence-corrected chi connectivity index (χ4v) is 3.45. The molecular weight excluding hydrogens is 431 g/mol. The van der Waals surface area contributed by atoms with Crippen molar-refractivity contribution in [3.8, 4) is 5.75 Å². The summed E-state index contributed by atoms with van der Waals surface area (Å²) in [7, 11) is 1.66. The second kappa shape index (κ2) is 11.3. The van der Waals surface area contributed by atoms with Crippen LogP contribution in [0.1, 0.15) is 18.3 Å². The minimum atomic E-state index is 0. The Labute approximate surface area is 187 Å². The van der Waals surface area contributed by atoms with E-state index >= 15 is 0 Å². The van der Waals surface area contributed by atoms with Crippen LogP contribution in [0.3, 0.4) is 0 Å². The Balaban J connectivity index is 0.00000300. The zero-order valence-corrected chi connectivity index (χ0v) is 18.8. The largest absolute Gasteiger partial charge is 0.495 e. The standard InChI is InChI=1S/C21H24Cl2N4O.ClH/c1-3-21-25-17-6-5-16(13-18(17)26-21)24-14-15-4-7-19(20(12-15)28-2)27(10-8-22)11-9-23;/h4-7,12-14H,3,8-11H2,1-2H3,(H,25,26);1H. The van der Waals surface area contributed by atoms with E-state index in [4.69, 9.17) is 27.9 Å². The number of nitrogens with zero attached hydrogens (tertiary/aromatic N) is 3. The van der Waals surface area contributed by atoms with Gasteiger partial charge in [0.25, 0.3) is 0 Å². The molecule has 0 bridgehead atoms. The summed E-state index contributed by atoms with van der Waals surface area (Å²) < 4.78 is 5.58. The molecule has 1 N–H and O–H groups in total. The van der Waals surface area contributed by atoms with Gasteiger partial charge in [0.15, 0.2) is 0 Å². The van der Waals surface area contributed by atoms with Crippen molar-refractivity contribution in [2.24, 2.45) is 4.99 Å². The molecule has 0 atom stereocenters. The Morgan fingerprint density at radius 3 is 2.55 bits per heavy atom. The van der Waals surface area contributed by atoms with E-state index < -0.39 is 0 Å². The highest BCUT2D eigenvalue weighted by Crippen LogP contribution is 2.29. The molecule has 29 heavy (non-hydrogen) atoms. The number of alkyl halides is 2. The second-order valence-electron chi connectivity index (χ2n) is 6.29. The third-order valence-electron chi connectivity index (χ3n) is 4.47. The normalized spacial score (nSPS) is 11.0. The van der Waals surface area contributed by atoms with E-state index in [1.54, 1.807) is 7.11 Å². The fraction of sp³-hybridized carbons (Fsp3) is 0.333. The fourth-order valence-electron chi connectivity index (χ4n) is 3.04. The number of methoxy groups -OCH3 is 1. The van der Waals surface area contributed by atoms with Gasteiger partial charge in [0, 0.05) is 37.5 Å². The van der Waals surface area contributed by atoms with Gasteiger partial charge < -0.3 is 14.6 Å². The van der Waals surface area contributed by atoms with E-state index in [0.717, 1.165) is 46.0 Å². The molecule has 8 heteroatoms. The highest BCUT2D eigenvalue weighted by molar-refractivity contribution is 6.18. The minimum Gasteiger partial charge on any atom is -0.495 e. The summed E-state index contributed by atoms with van der Waals surface area (Å²) in [6.07, 6.45) is 2.71. The SMILES string of the molecule is CCc1nc2ccc(N=Cc3ccc(N(CCCl)CCCl)c(OC)c3)cc2[nH]1.Cl. The van der Waals surface area contributed by atoms with Crippen molar-refractivity contribution in [1.82, 2.24) is 9.97 Å². The van der Waals surface area contributed by atoms with Gasteiger partial charge in [-0.25, -0.2) is 4.98 Å². The van der Waals surface area contributed by atoms with Crippen LogP contribution < -0.4 is 9.64 Å². The smallest absolute Gasteiger partial charge is 0.142 e. The number of aryl methyl sites for hydroxylation is 1. The maximum atomic E-state index is 5.92. The number of aliphatic imine (C=N–C) groups is 1. The van der Waals surface area contributed by atoms with E-state index in [-0.39, 0.29) is 12.4 Å². The molecule has 0 aliphatic carbocycles. The molecule has 0 saturated carbocycles. The van der Waals surface area contributed by atoms with Gasteiger partial charge in [-0.15, -0.1) is 35.6 Å².